The van der Waals surface area contributed by atoms with Crippen LogP contribution in [-0.4, -0.2) is 31.9 Å². The second-order valence-corrected chi connectivity index (χ2v) is 9.20. The molecule has 0 fully saturated rings. The molecule has 1 aliphatic rings. The summed E-state index contributed by atoms with van der Waals surface area (Å²) in [5, 5.41) is 2.71. The number of carbonyl (C=O) groups excluding carboxylic acids is 3. The molecule has 0 aromatic heterocycles. The Morgan fingerprint density at radius 1 is 0.871 bits per heavy atom. The topological polar surface area (TPSA) is 101 Å². The summed E-state index contributed by atoms with van der Waals surface area (Å²) in [6, 6.07) is 18.7. The second-order valence-electron chi connectivity index (χ2n) is 6.92. The van der Waals surface area contributed by atoms with Crippen molar-refractivity contribution in [3.63, 3.8) is 0 Å². The van der Waals surface area contributed by atoms with E-state index in [-0.39, 0.29) is 16.2 Å². The highest BCUT2D eigenvalue weighted by Crippen LogP contribution is 2.29. The molecule has 0 saturated heterocycles. The monoisotopic (exact) mass is 434 g/mol. The maximum atomic E-state index is 12.7. The Morgan fingerprint density at radius 2 is 1.48 bits per heavy atom. The maximum absolute atomic E-state index is 12.7. The Bertz CT molecular complexity index is 1280. The fraction of sp³-hybridized carbons (Fsp3) is 0.0870. The second kappa shape index (κ2) is 7.81. The number of hydrogen-bond acceptors (Lipinski definition) is 5. The van der Waals surface area contributed by atoms with Crippen molar-refractivity contribution in [3.8, 4) is 0 Å². The first-order valence-corrected chi connectivity index (χ1v) is 11.2. The molecule has 0 atom stereocenters. The molecule has 7 nitrogen and oxygen atoms in total. The van der Waals surface area contributed by atoms with E-state index in [2.05, 4.69) is 5.32 Å². The highest BCUT2D eigenvalue weighted by Gasteiger charge is 2.36. The lowest BCUT2D eigenvalue weighted by Gasteiger charge is -2.15. The molecule has 1 N–H and O–H groups in total. The van der Waals surface area contributed by atoms with Gasteiger partial charge in [-0.15, -0.1) is 0 Å². The third kappa shape index (κ3) is 3.73. The minimum atomic E-state index is -3.35. The fourth-order valence-electron chi connectivity index (χ4n) is 3.33. The van der Waals surface area contributed by atoms with Crippen LogP contribution in [0.15, 0.2) is 77.7 Å². The van der Waals surface area contributed by atoms with Crippen molar-refractivity contribution in [2.75, 3.05) is 16.0 Å². The molecule has 8 heteroatoms. The lowest BCUT2D eigenvalue weighted by atomic mass is 10.1. The molecular weight excluding hydrogens is 416 g/mol. The first-order chi connectivity index (χ1) is 14.8. The number of nitrogens with zero attached hydrogens (tertiary/aromatic N) is 1. The molecule has 0 unspecified atom stereocenters. The largest absolute Gasteiger partial charge is 0.322 e. The van der Waals surface area contributed by atoms with Crippen molar-refractivity contribution in [1.29, 1.82) is 0 Å². The van der Waals surface area contributed by atoms with Crippen molar-refractivity contribution >= 4 is 38.9 Å². The summed E-state index contributed by atoms with van der Waals surface area (Å²) in [6.07, 6.45) is 0. The molecular formula is C23H18N2O5S. The van der Waals surface area contributed by atoms with E-state index in [1.807, 2.05) is 0 Å². The summed E-state index contributed by atoms with van der Waals surface area (Å²) in [7, 11) is -3.35. The van der Waals surface area contributed by atoms with Crippen LogP contribution in [0, 0.1) is 0 Å². The standard InChI is InChI=1S/C23H18N2O5S/c1-2-31(29,30)18-12-10-15(11-13-18)21(26)24-16-6-5-7-17(14-16)25-22(27)19-8-3-4-9-20(19)23(25)28/h3-14H,2H2,1H3,(H,24,26). The SMILES string of the molecule is CCS(=O)(=O)c1ccc(C(=O)Nc2cccc(N3C(=O)c4ccccc4C3=O)c2)cc1. The lowest BCUT2D eigenvalue weighted by molar-refractivity contribution is 0.0925. The van der Waals surface area contributed by atoms with Gasteiger partial charge in [-0.3, -0.25) is 14.4 Å². The van der Waals surface area contributed by atoms with Gasteiger partial charge in [0.2, 0.25) is 0 Å². The number of imide groups is 1. The number of hydrogen-bond donors (Lipinski definition) is 1. The Kier molecular flexibility index (Phi) is 5.16. The highest BCUT2D eigenvalue weighted by atomic mass is 32.2. The number of carbonyl (C=O) groups is 3. The molecule has 4 rings (SSSR count). The number of benzene rings is 3. The zero-order valence-electron chi connectivity index (χ0n) is 16.5. The molecule has 3 aromatic carbocycles. The average Bonchev–Trinajstić information content (AvgIpc) is 3.04. The Morgan fingerprint density at radius 3 is 2.06 bits per heavy atom. The van der Waals surface area contributed by atoms with E-state index in [1.165, 1.54) is 30.3 Å². The third-order valence-electron chi connectivity index (χ3n) is 5.01. The van der Waals surface area contributed by atoms with Crippen molar-refractivity contribution in [2.24, 2.45) is 0 Å². The van der Waals surface area contributed by atoms with E-state index in [1.54, 1.807) is 49.4 Å². The number of sulfone groups is 1. The first-order valence-electron chi connectivity index (χ1n) is 9.54. The van der Waals surface area contributed by atoms with Crippen LogP contribution in [-0.2, 0) is 9.84 Å². The van der Waals surface area contributed by atoms with Gasteiger partial charge in [0.1, 0.15) is 0 Å². The van der Waals surface area contributed by atoms with Crippen LogP contribution in [0.5, 0.6) is 0 Å². The molecule has 0 radical (unpaired) electrons. The molecule has 0 saturated carbocycles. The van der Waals surface area contributed by atoms with Crippen LogP contribution in [0.1, 0.15) is 38.0 Å². The summed E-state index contributed by atoms with van der Waals surface area (Å²) in [4.78, 5) is 39.1. The van der Waals surface area contributed by atoms with Crippen LogP contribution >= 0.6 is 0 Å². The lowest BCUT2D eigenvalue weighted by Crippen LogP contribution is -2.29. The quantitative estimate of drug-likeness (QED) is 0.619. The van der Waals surface area contributed by atoms with Gasteiger partial charge in [-0.25, -0.2) is 13.3 Å². The van der Waals surface area contributed by atoms with Crippen LogP contribution < -0.4 is 10.2 Å². The zero-order valence-corrected chi connectivity index (χ0v) is 17.3. The number of anilines is 2. The molecule has 1 aliphatic heterocycles. The van der Waals surface area contributed by atoms with E-state index in [9.17, 15) is 22.8 Å². The van der Waals surface area contributed by atoms with Gasteiger partial charge in [-0.2, -0.15) is 0 Å². The van der Waals surface area contributed by atoms with Crippen molar-refractivity contribution in [2.45, 2.75) is 11.8 Å². The minimum Gasteiger partial charge on any atom is -0.322 e. The van der Waals surface area contributed by atoms with Gasteiger partial charge in [0.15, 0.2) is 9.84 Å². The summed E-state index contributed by atoms with van der Waals surface area (Å²) < 4.78 is 23.8. The molecule has 0 bridgehead atoms. The predicted molar refractivity (Wildman–Crippen MR) is 116 cm³/mol. The summed E-state index contributed by atoms with van der Waals surface area (Å²) in [6.45, 7) is 1.55. The fourth-order valence-corrected chi connectivity index (χ4v) is 4.21. The van der Waals surface area contributed by atoms with E-state index in [0.717, 1.165) is 4.90 Å². The predicted octanol–water partition coefficient (Wildman–Crippen LogP) is 3.53. The van der Waals surface area contributed by atoms with Crippen molar-refractivity contribution in [3.05, 3.63) is 89.5 Å². The molecule has 156 valence electrons. The molecule has 1 heterocycles. The smallest absolute Gasteiger partial charge is 0.266 e. The van der Waals surface area contributed by atoms with Gasteiger partial charge in [0, 0.05) is 11.3 Å². The maximum Gasteiger partial charge on any atom is 0.266 e. The van der Waals surface area contributed by atoms with Crippen LogP contribution in [0.2, 0.25) is 0 Å². The molecule has 3 amide bonds. The van der Waals surface area contributed by atoms with Gasteiger partial charge < -0.3 is 5.32 Å². The Balaban J connectivity index is 1.55. The van der Waals surface area contributed by atoms with Crippen LogP contribution in [0.4, 0.5) is 11.4 Å². The van der Waals surface area contributed by atoms with Crippen LogP contribution in [0.3, 0.4) is 0 Å². The average molecular weight is 434 g/mol. The van der Waals surface area contributed by atoms with Crippen LogP contribution in [0.25, 0.3) is 0 Å². The van der Waals surface area contributed by atoms with E-state index < -0.39 is 27.6 Å². The van der Waals surface area contributed by atoms with Gasteiger partial charge in [0.25, 0.3) is 17.7 Å². The highest BCUT2D eigenvalue weighted by molar-refractivity contribution is 7.91. The summed E-state index contributed by atoms with van der Waals surface area (Å²) in [5.41, 5.74) is 1.69. The van der Waals surface area contributed by atoms with Gasteiger partial charge >= 0.3 is 0 Å². The number of rotatable bonds is 5. The number of fused-ring (bicyclic) bond motifs is 1. The molecule has 0 aliphatic carbocycles. The Hall–Kier alpha value is -3.78. The minimum absolute atomic E-state index is 0.0247. The zero-order chi connectivity index (χ0) is 22.2. The summed E-state index contributed by atoms with van der Waals surface area (Å²) >= 11 is 0. The first kappa shape index (κ1) is 20.5. The van der Waals surface area contributed by atoms with Crippen molar-refractivity contribution < 1.29 is 22.8 Å². The van der Waals surface area contributed by atoms with E-state index in [0.29, 0.717) is 22.5 Å². The molecule has 3 aromatic rings. The number of nitrogens with one attached hydrogen (secondary N) is 1. The van der Waals surface area contributed by atoms with E-state index >= 15 is 0 Å². The molecule has 0 spiro atoms. The number of amides is 3. The Labute approximate surface area is 179 Å². The van der Waals surface area contributed by atoms with Gasteiger partial charge in [0.05, 0.1) is 27.5 Å². The third-order valence-corrected chi connectivity index (χ3v) is 6.76. The van der Waals surface area contributed by atoms with E-state index in [4.69, 9.17) is 0 Å². The van der Waals surface area contributed by atoms with Crippen molar-refractivity contribution in [1.82, 2.24) is 0 Å². The normalized spacial score (nSPS) is 13.3. The summed E-state index contributed by atoms with van der Waals surface area (Å²) in [5.74, 6) is -1.31. The van der Waals surface area contributed by atoms with Gasteiger partial charge in [-0.1, -0.05) is 25.1 Å². The molecule has 31 heavy (non-hydrogen) atoms. The van der Waals surface area contributed by atoms with Gasteiger partial charge in [-0.05, 0) is 54.6 Å².